The van der Waals surface area contributed by atoms with Gasteiger partial charge in [-0.1, -0.05) is 60.7 Å². The molecule has 0 amide bonds. The van der Waals surface area contributed by atoms with Crippen LogP contribution >= 0.6 is 0 Å². The fraction of sp³-hybridized carbons (Fsp3) is 0.294. The fourth-order valence-corrected chi connectivity index (χ4v) is 3.11. The minimum atomic E-state index is -0.693. The maximum absolute atomic E-state index is 6.35. The molecule has 2 aromatic carbocycles. The molecule has 0 saturated carbocycles. The predicted molar refractivity (Wildman–Crippen MR) is 75.9 cm³/mol. The Morgan fingerprint density at radius 2 is 1.65 bits per heavy atom. The standard InChI is InChI=1S/C17H17NO2/c1-3-7-14(8-4-1)16-13-18-11-12-19-17(18,20-16)15-9-5-2-6-10-15/h1-10,16H,11-13H2. The number of nitrogens with zero attached hydrogens (tertiary/aromatic N) is 1. The van der Waals surface area contributed by atoms with Gasteiger partial charge in [-0.25, -0.2) is 4.90 Å². The molecule has 3 heteroatoms. The van der Waals surface area contributed by atoms with Crippen LogP contribution in [0.2, 0.25) is 0 Å². The van der Waals surface area contributed by atoms with Crippen molar-refractivity contribution < 1.29 is 9.47 Å². The minimum Gasteiger partial charge on any atom is -0.332 e. The van der Waals surface area contributed by atoms with Crippen LogP contribution in [0.15, 0.2) is 60.7 Å². The molecule has 3 nitrogen and oxygen atoms in total. The number of ether oxygens (including phenoxy) is 2. The van der Waals surface area contributed by atoms with Gasteiger partial charge in [0, 0.05) is 18.7 Å². The van der Waals surface area contributed by atoms with Crippen LogP contribution in [0.1, 0.15) is 17.2 Å². The molecule has 4 rings (SSSR count). The summed E-state index contributed by atoms with van der Waals surface area (Å²) in [5.74, 6) is -0.693. The second-order valence-electron chi connectivity index (χ2n) is 5.26. The highest BCUT2D eigenvalue weighted by atomic mass is 16.7. The molecule has 0 aliphatic carbocycles. The topological polar surface area (TPSA) is 21.7 Å². The SMILES string of the molecule is c1ccc(C2CN3CCOC3(c3ccccc3)O2)cc1. The van der Waals surface area contributed by atoms with Gasteiger partial charge in [0.2, 0.25) is 0 Å². The fourth-order valence-electron chi connectivity index (χ4n) is 3.11. The van der Waals surface area contributed by atoms with E-state index in [4.69, 9.17) is 9.47 Å². The van der Waals surface area contributed by atoms with Gasteiger partial charge in [0.05, 0.1) is 6.61 Å². The first-order valence-corrected chi connectivity index (χ1v) is 7.06. The number of rotatable bonds is 2. The van der Waals surface area contributed by atoms with Crippen molar-refractivity contribution in [1.82, 2.24) is 4.90 Å². The van der Waals surface area contributed by atoms with Gasteiger partial charge in [-0.05, 0) is 5.56 Å². The van der Waals surface area contributed by atoms with Crippen molar-refractivity contribution in [2.45, 2.75) is 12.0 Å². The van der Waals surface area contributed by atoms with Crippen LogP contribution < -0.4 is 0 Å². The zero-order valence-electron chi connectivity index (χ0n) is 11.2. The summed E-state index contributed by atoms with van der Waals surface area (Å²) >= 11 is 0. The quantitative estimate of drug-likeness (QED) is 0.835. The van der Waals surface area contributed by atoms with Crippen LogP contribution in [0, 0.1) is 0 Å². The molecule has 102 valence electrons. The summed E-state index contributed by atoms with van der Waals surface area (Å²) in [5, 5.41) is 0. The Morgan fingerprint density at radius 3 is 2.40 bits per heavy atom. The van der Waals surface area contributed by atoms with Crippen molar-refractivity contribution in [2.24, 2.45) is 0 Å². The maximum Gasteiger partial charge on any atom is 0.259 e. The van der Waals surface area contributed by atoms with Crippen LogP contribution in [0.25, 0.3) is 0 Å². The largest absolute Gasteiger partial charge is 0.332 e. The molecule has 2 aromatic rings. The lowest BCUT2D eigenvalue weighted by atomic mass is 10.1. The summed E-state index contributed by atoms with van der Waals surface area (Å²) in [7, 11) is 0. The summed E-state index contributed by atoms with van der Waals surface area (Å²) < 4.78 is 12.4. The van der Waals surface area contributed by atoms with Crippen molar-refractivity contribution in [3.8, 4) is 0 Å². The van der Waals surface area contributed by atoms with E-state index in [-0.39, 0.29) is 6.10 Å². The van der Waals surface area contributed by atoms with E-state index in [2.05, 4.69) is 41.3 Å². The molecule has 0 spiro atoms. The molecule has 0 aromatic heterocycles. The number of benzene rings is 2. The summed E-state index contributed by atoms with van der Waals surface area (Å²) in [5.41, 5.74) is 2.29. The zero-order chi connectivity index (χ0) is 13.4. The van der Waals surface area contributed by atoms with Gasteiger partial charge in [0.1, 0.15) is 6.10 Å². The molecule has 2 aliphatic rings. The average Bonchev–Trinajstić information content (AvgIpc) is 3.07. The first kappa shape index (κ1) is 12.1. The van der Waals surface area contributed by atoms with Crippen molar-refractivity contribution in [3.63, 3.8) is 0 Å². The predicted octanol–water partition coefficient (Wildman–Crippen LogP) is 2.90. The second kappa shape index (κ2) is 4.70. The minimum absolute atomic E-state index is 0.0664. The molecule has 2 fully saturated rings. The Balaban J connectivity index is 1.70. The monoisotopic (exact) mass is 267 g/mol. The molecule has 0 radical (unpaired) electrons. The second-order valence-corrected chi connectivity index (χ2v) is 5.26. The number of fused-ring (bicyclic) bond motifs is 1. The van der Waals surface area contributed by atoms with Gasteiger partial charge in [0.15, 0.2) is 0 Å². The van der Waals surface area contributed by atoms with Crippen LogP contribution in [0.3, 0.4) is 0 Å². The normalized spacial score (nSPS) is 29.5. The van der Waals surface area contributed by atoms with Gasteiger partial charge >= 0.3 is 0 Å². The van der Waals surface area contributed by atoms with E-state index < -0.39 is 5.91 Å². The van der Waals surface area contributed by atoms with E-state index in [1.165, 1.54) is 5.56 Å². The van der Waals surface area contributed by atoms with Crippen LogP contribution in [-0.4, -0.2) is 24.6 Å². The van der Waals surface area contributed by atoms with Crippen molar-refractivity contribution in [2.75, 3.05) is 19.7 Å². The molecule has 2 atom stereocenters. The lowest BCUT2D eigenvalue weighted by Crippen LogP contribution is -2.37. The van der Waals surface area contributed by atoms with E-state index in [0.29, 0.717) is 0 Å². The molecule has 0 N–H and O–H groups in total. The summed E-state index contributed by atoms with van der Waals surface area (Å²) in [6.07, 6.45) is 0.0664. The van der Waals surface area contributed by atoms with Crippen LogP contribution in [0.5, 0.6) is 0 Å². The number of hydrogen-bond donors (Lipinski definition) is 0. The first-order valence-electron chi connectivity index (χ1n) is 7.06. The highest BCUT2D eigenvalue weighted by Gasteiger charge is 2.53. The summed E-state index contributed by atoms with van der Waals surface area (Å²) in [6, 6.07) is 20.6. The third kappa shape index (κ3) is 1.79. The van der Waals surface area contributed by atoms with Crippen molar-refractivity contribution >= 4 is 0 Å². The molecular formula is C17H17NO2. The Morgan fingerprint density at radius 1 is 0.950 bits per heavy atom. The first-order chi connectivity index (χ1) is 9.88. The van der Waals surface area contributed by atoms with Gasteiger partial charge in [-0.2, -0.15) is 0 Å². The Kier molecular flexibility index (Phi) is 2.84. The Labute approximate surface area is 118 Å². The van der Waals surface area contributed by atoms with Crippen molar-refractivity contribution in [1.29, 1.82) is 0 Å². The molecule has 20 heavy (non-hydrogen) atoms. The van der Waals surface area contributed by atoms with Gasteiger partial charge < -0.3 is 9.47 Å². The lowest BCUT2D eigenvalue weighted by Gasteiger charge is -2.29. The maximum atomic E-state index is 6.35. The van der Waals surface area contributed by atoms with Gasteiger partial charge in [0.25, 0.3) is 5.91 Å². The van der Waals surface area contributed by atoms with E-state index in [1.807, 2.05) is 24.3 Å². The number of hydrogen-bond acceptors (Lipinski definition) is 3. The van der Waals surface area contributed by atoms with E-state index in [9.17, 15) is 0 Å². The Hall–Kier alpha value is -1.68. The van der Waals surface area contributed by atoms with E-state index >= 15 is 0 Å². The van der Waals surface area contributed by atoms with Crippen molar-refractivity contribution in [3.05, 3.63) is 71.8 Å². The van der Waals surface area contributed by atoms with E-state index in [0.717, 1.165) is 25.3 Å². The third-order valence-electron chi connectivity index (χ3n) is 4.07. The molecule has 0 bridgehead atoms. The third-order valence-corrected chi connectivity index (χ3v) is 4.07. The molecule has 2 unspecified atom stereocenters. The smallest absolute Gasteiger partial charge is 0.259 e. The average molecular weight is 267 g/mol. The zero-order valence-corrected chi connectivity index (χ0v) is 11.2. The molecule has 2 aliphatic heterocycles. The lowest BCUT2D eigenvalue weighted by molar-refractivity contribution is -0.256. The van der Waals surface area contributed by atoms with E-state index in [1.54, 1.807) is 0 Å². The highest BCUT2D eigenvalue weighted by Crippen LogP contribution is 2.45. The summed E-state index contributed by atoms with van der Waals surface area (Å²) in [4.78, 5) is 2.29. The molecule has 2 heterocycles. The Bertz CT molecular complexity index is 586. The van der Waals surface area contributed by atoms with Gasteiger partial charge in [-0.3, -0.25) is 0 Å². The molecule has 2 saturated heterocycles. The summed E-state index contributed by atoms with van der Waals surface area (Å²) in [6.45, 7) is 2.51. The van der Waals surface area contributed by atoms with Crippen LogP contribution in [-0.2, 0) is 15.4 Å². The van der Waals surface area contributed by atoms with Gasteiger partial charge in [-0.15, -0.1) is 0 Å². The van der Waals surface area contributed by atoms with Crippen LogP contribution in [0.4, 0.5) is 0 Å². The molecular weight excluding hydrogens is 250 g/mol. The highest BCUT2D eigenvalue weighted by molar-refractivity contribution is 5.25.